The molecule has 1 amide bonds. The van der Waals surface area contributed by atoms with E-state index >= 15 is 0 Å². The van der Waals surface area contributed by atoms with Crippen molar-refractivity contribution in [3.05, 3.63) is 65.8 Å². The lowest BCUT2D eigenvalue weighted by molar-refractivity contribution is -0.121. The van der Waals surface area contributed by atoms with Crippen molar-refractivity contribution in [1.82, 2.24) is 15.5 Å². The number of hydrogen-bond donors (Lipinski definition) is 1. The zero-order valence-electron chi connectivity index (χ0n) is 19.7. The Balaban J connectivity index is 1.52. The monoisotopic (exact) mass is 488 g/mol. The number of sulfonamides is 1. The summed E-state index contributed by atoms with van der Waals surface area (Å²) in [6.45, 7) is 6.43. The Morgan fingerprint density at radius 3 is 2.41 bits per heavy atom. The summed E-state index contributed by atoms with van der Waals surface area (Å²) in [6, 6.07) is 13.5. The maximum absolute atomic E-state index is 14.1. The Labute approximate surface area is 199 Å². The molecule has 0 unspecified atom stereocenters. The van der Waals surface area contributed by atoms with E-state index in [1.54, 1.807) is 6.07 Å². The third-order valence-corrected chi connectivity index (χ3v) is 6.38. The van der Waals surface area contributed by atoms with Crippen molar-refractivity contribution in [2.45, 2.75) is 45.6 Å². The molecule has 0 atom stereocenters. The number of hydrogen-bond acceptors (Lipinski definition) is 6. The predicted octanol–water partition coefficient (Wildman–Crippen LogP) is 4.04. The molecule has 10 heteroatoms. The molecular weight excluding hydrogens is 459 g/mol. The standard InChI is InChI=1S/C24H29FN4O4S/c1-24(2,3)18-13-11-17(12-14-18)23-27-22(33-28-23)16-26-21(30)10-7-15-29(34(4,31)32)20-9-6-5-8-19(20)25/h5-6,8-9,11-14H,7,10,15-16H2,1-4H3,(H,26,30). The maximum Gasteiger partial charge on any atom is 0.246 e. The molecule has 0 saturated heterocycles. The van der Waals surface area contributed by atoms with E-state index in [4.69, 9.17) is 4.52 Å². The number of benzene rings is 2. The fourth-order valence-electron chi connectivity index (χ4n) is 3.33. The van der Waals surface area contributed by atoms with Gasteiger partial charge in [0.1, 0.15) is 5.82 Å². The van der Waals surface area contributed by atoms with Crippen molar-refractivity contribution >= 4 is 21.6 Å². The van der Waals surface area contributed by atoms with Crippen molar-refractivity contribution in [3.8, 4) is 11.4 Å². The van der Waals surface area contributed by atoms with Crippen LogP contribution in [0.2, 0.25) is 0 Å². The van der Waals surface area contributed by atoms with E-state index in [0.717, 1.165) is 16.1 Å². The van der Waals surface area contributed by atoms with Crippen LogP contribution in [0.1, 0.15) is 45.1 Å². The lowest BCUT2D eigenvalue weighted by Gasteiger charge is -2.22. The minimum atomic E-state index is -3.70. The highest BCUT2D eigenvalue weighted by Gasteiger charge is 2.20. The van der Waals surface area contributed by atoms with Gasteiger partial charge in [-0.25, -0.2) is 12.8 Å². The highest BCUT2D eigenvalue weighted by Crippen LogP contribution is 2.25. The molecule has 1 N–H and O–H groups in total. The summed E-state index contributed by atoms with van der Waals surface area (Å²) in [4.78, 5) is 16.5. The van der Waals surface area contributed by atoms with Crippen LogP contribution in [0.15, 0.2) is 53.1 Å². The summed E-state index contributed by atoms with van der Waals surface area (Å²) in [7, 11) is -3.70. The zero-order chi connectivity index (χ0) is 24.9. The number of para-hydroxylation sites is 1. The average Bonchev–Trinajstić information content (AvgIpc) is 3.24. The summed E-state index contributed by atoms with van der Waals surface area (Å²) >= 11 is 0. The summed E-state index contributed by atoms with van der Waals surface area (Å²) in [5.41, 5.74) is 2.00. The molecule has 0 bridgehead atoms. The van der Waals surface area contributed by atoms with E-state index in [2.05, 4.69) is 36.2 Å². The van der Waals surface area contributed by atoms with Gasteiger partial charge in [-0.1, -0.05) is 62.3 Å². The molecule has 0 spiro atoms. The molecule has 182 valence electrons. The summed E-state index contributed by atoms with van der Waals surface area (Å²) in [5, 5.41) is 6.64. The zero-order valence-corrected chi connectivity index (χ0v) is 20.5. The van der Waals surface area contributed by atoms with Crippen LogP contribution < -0.4 is 9.62 Å². The SMILES string of the molecule is CC(C)(C)c1ccc(-c2noc(CNC(=O)CCCN(c3ccccc3F)S(C)(=O)=O)n2)cc1. The van der Waals surface area contributed by atoms with Crippen molar-refractivity contribution in [1.29, 1.82) is 0 Å². The first-order chi connectivity index (χ1) is 15.9. The molecule has 0 radical (unpaired) electrons. The minimum absolute atomic E-state index is 0.0253. The first-order valence-corrected chi connectivity index (χ1v) is 12.7. The highest BCUT2D eigenvalue weighted by atomic mass is 32.2. The molecule has 3 aromatic rings. The molecule has 0 aliphatic heterocycles. The van der Waals surface area contributed by atoms with Crippen LogP contribution in [0.4, 0.5) is 10.1 Å². The van der Waals surface area contributed by atoms with Crippen LogP contribution in [-0.4, -0.2) is 37.3 Å². The number of amides is 1. The van der Waals surface area contributed by atoms with Crippen LogP contribution in [0.25, 0.3) is 11.4 Å². The number of nitrogens with one attached hydrogen (secondary N) is 1. The van der Waals surface area contributed by atoms with Gasteiger partial charge >= 0.3 is 0 Å². The molecule has 2 aromatic carbocycles. The summed E-state index contributed by atoms with van der Waals surface area (Å²) in [6.07, 6.45) is 1.27. The Morgan fingerprint density at radius 1 is 1.12 bits per heavy atom. The van der Waals surface area contributed by atoms with Crippen molar-refractivity contribution in [2.75, 3.05) is 17.1 Å². The average molecular weight is 489 g/mol. The molecule has 0 fully saturated rings. The van der Waals surface area contributed by atoms with Crippen LogP contribution in [-0.2, 0) is 26.8 Å². The molecule has 1 heterocycles. The van der Waals surface area contributed by atoms with Crippen molar-refractivity contribution in [3.63, 3.8) is 0 Å². The highest BCUT2D eigenvalue weighted by molar-refractivity contribution is 7.92. The van der Waals surface area contributed by atoms with Crippen LogP contribution in [0, 0.1) is 5.82 Å². The van der Waals surface area contributed by atoms with E-state index in [0.29, 0.717) is 5.82 Å². The van der Waals surface area contributed by atoms with E-state index < -0.39 is 15.8 Å². The van der Waals surface area contributed by atoms with Crippen molar-refractivity contribution < 1.29 is 22.1 Å². The fraction of sp³-hybridized carbons (Fsp3) is 0.375. The van der Waals surface area contributed by atoms with Gasteiger partial charge in [0, 0.05) is 18.5 Å². The summed E-state index contributed by atoms with van der Waals surface area (Å²) < 4.78 is 44.4. The second kappa shape index (κ2) is 10.3. The number of halogens is 1. The van der Waals surface area contributed by atoms with Gasteiger partial charge in [-0.15, -0.1) is 0 Å². The molecule has 34 heavy (non-hydrogen) atoms. The Kier molecular flexibility index (Phi) is 7.71. The van der Waals surface area contributed by atoms with E-state index in [1.807, 2.05) is 24.3 Å². The van der Waals surface area contributed by atoms with Gasteiger partial charge in [0.15, 0.2) is 0 Å². The van der Waals surface area contributed by atoms with Gasteiger partial charge in [-0.3, -0.25) is 9.10 Å². The number of carbonyl (C=O) groups is 1. The Hall–Kier alpha value is -3.27. The first-order valence-electron chi connectivity index (χ1n) is 10.9. The second-order valence-electron chi connectivity index (χ2n) is 9.01. The van der Waals surface area contributed by atoms with Gasteiger partial charge in [0.25, 0.3) is 0 Å². The summed E-state index contributed by atoms with van der Waals surface area (Å²) in [5.74, 6) is -0.264. The Bertz CT molecular complexity index is 1230. The van der Waals surface area contributed by atoms with Crippen LogP contribution in [0.3, 0.4) is 0 Å². The quantitative estimate of drug-likeness (QED) is 0.487. The van der Waals surface area contributed by atoms with Gasteiger partial charge < -0.3 is 9.84 Å². The number of anilines is 1. The first kappa shape index (κ1) is 25.4. The fourth-order valence-corrected chi connectivity index (χ4v) is 4.29. The molecule has 0 saturated carbocycles. The minimum Gasteiger partial charge on any atom is -0.347 e. The number of aromatic nitrogens is 2. The second-order valence-corrected chi connectivity index (χ2v) is 10.9. The molecular formula is C24H29FN4O4S. The smallest absolute Gasteiger partial charge is 0.246 e. The molecule has 1 aromatic heterocycles. The molecule has 0 aliphatic rings. The molecule has 3 rings (SSSR count). The van der Waals surface area contributed by atoms with Crippen LogP contribution in [0.5, 0.6) is 0 Å². The lowest BCUT2D eigenvalue weighted by Crippen LogP contribution is -2.32. The normalized spacial score (nSPS) is 11.9. The maximum atomic E-state index is 14.1. The number of rotatable bonds is 9. The largest absolute Gasteiger partial charge is 0.347 e. The Morgan fingerprint density at radius 2 is 1.79 bits per heavy atom. The molecule has 8 nitrogen and oxygen atoms in total. The lowest BCUT2D eigenvalue weighted by atomic mass is 9.87. The van der Waals surface area contributed by atoms with Crippen LogP contribution >= 0.6 is 0 Å². The van der Waals surface area contributed by atoms with Gasteiger partial charge in [0.2, 0.25) is 27.6 Å². The predicted molar refractivity (Wildman–Crippen MR) is 128 cm³/mol. The third kappa shape index (κ3) is 6.63. The number of nitrogens with zero attached hydrogens (tertiary/aromatic N) is 3. The topological polar surface area (TPSA) is 105 Å². The van der Waals surface area contributed by atoms with E-state index in [1.165, 1.54) is 23.8 Å². The van der Waals surface area contributed by atoms with E-state index in [-0.39, 0.29) is 48.8 Å². The number of carbonyl (C=O) groups excluding carboxylic acids is 1. The van der Waals surface area contributed by atoms with Gasteiger partial charge in [-0.05, 0) is 29.5 Å². The van der Waals surface area contributed by atoms with E-state index in [9.17, 15) is 17.6 Å². The molecule has 0 aliphatic carbocycles. The third-order valence-electron chi connectivity index (χ3n) is 5.20. The van der Waals surface area contributed by atoms with Gasteiger partial charge in [0.05, 0.1) is 18.5 Å². The van der Waals surface area contributed by atoms with Crippen molar-refractivity contribution in [2.24, 2.45) is 0 Å². The van der Waals surface area contributed by atoms with Gasteiger partial charge in [-0.2, -0.15) is 4.98 Å².